The maximum absolute atomic E-state index is 11.2. The standard InChI is InChI=1S/C11H14N4O2/c1-2-13-10(16)6-14-11-15-8-4-3-7(12)5-9(8)17-11/h3-5H,2,6,12H2,1H3,(H,13,16)(H,14,15). The van der Waals surface area contributed by atoms with Gasteiger partial charge in [0.25, 0.3) is 6.01 Å². The number of fused-ring (bicyclic) bond motifs is 1. The van der Waals surface area contributed by atoms with Crippen LogP contribution in [-0.2, 0) is 4.79 Å². The van der Waals surface area contributed by atoms with Crippen molar-refractivity contribution >= 4 is 28.7 Å². The van der Waals surface area contributed by atoms with E-state index in [0.717, 1.165) is 0 Å². The zero-order valence-corrected chi connectivity index (χ0v) is 9.49. The number of anilines is 2. The van der Waals surface area contributed by atoms with Gasteiger partial charge in [-0.3, -0.25) is 4.79 Å². The number of nitrogen functional groups attached to an aromatic ring is 1. The fourth-order valence-corrected chi connectivity index (χ4v) is 1.43. The molecule has 0 aliphatic heterocycles. The molecule has 0 aliphatic carbocycles. The Balaban J connectivity index is 2.07. The smallest absolute Gasteiger partial charge is 0.296 e. The topological polar surface area (TPSA) is 93.2 Å². The van der Waals surface area contributed by atoms with Crippen LogP contribution in [0.4, 0.5) is 11.7 Å². The number of rotatable bonds is 4. The van der Waals surface area contributed by atoms with E-state index in [1.165, 1.54) is 0 Å². The van der Waals surface area contributed by atoms with Crippen LogP contribution in [0.15, 0.2) is 22.6 Å². The second-order valence-electron chi connectivity index (χ2n) is 3.55. The second kappa shape index (κ2) is 4.73. The average Bonchev–Trinajstić information content (AvgIpc) is 2.68. The lowest BCUT2D eigenvalue weighted by Gasteiger charge is -2.01. The van der Waals surface area contributed by atoms with E-state index in [0.29, 0.717) is 29.3 Å². The van der Waals surface area contributed by atoms with Crippen LogP contribution in [0.1, 0.15) is 6.92 Å². The predicted octanol–water partition coefficient (Wildman–Crippen LogP) is 0.958. The van der Waals surface area contributed by atoms with Crippen molar-refractivity contribution in [2.75, 3.05) is 24.1 Å². The molecule has 2 aromatic rings. The Bertz CT molecular complexity index is 535. The van der Waals surface area contributed by atoms with Gasteiger partial charge >= 0.3 is 0 Å². The highest BCUT2D eigenvalue weighted by atomic mass is 16.4. The molecule has 0 aliphatic rings. The first-order valence-electron chi connectivity index (χ1n) is 5.35. The van der Waals surface area contributed by atoms with Crippen molar-refractivity contribution in [3.63, 3.8) is 0 Å². The minimum absolute atomic E-state index is 0.103. The first-order chi connectivity index (χ1) is 8.19. The van der Waals surface area contributed by atoms with Crippen molar-refractivity contribution in [2.24, 2.45) is 0 Å². The molecule has 0 saturated carbocycles. The molecule has 6 nitrogen and oxygen atoms in total. The van der Waals surface area contributed by atoms with E-state index < -0.39 is 0 Å². The average molecular weight is 234 g/mol. The van der Waals surface area contributed by atoms with Crippen LogP contribution in [0.25, 0.3) is 11.1 Å². The van der Waals surface area contributed by atoms with Crippen LogP contribution in [-0.4, -0.2) is 24.0 Å². The molecule has 0 radical (unpaired) electrons. The van der Waals surface area contributed by atoms with Gasteiger partial charge in [-0.25, -0.2) is 0 Å². The summed E-state index contributed by atoms with van der Waals surface area (Å²) in [5.74, 6) is -0.103. The van der Waals surface area contributed by atoms with Crippen LogP contribution in [0.3, 0.4) is 0 Å². The summed E-state index contributed by atoms with van der Waals surface area (Å²) in [5.41, 5.74) is 7.54. The molecule has 1 amide bonds. The first kappa shape index (κ1) is 11.3. The Kier molecular flexibility index (Phi) is 3.13. The predicted molar refractivity (Wildman–Crippen MR) is 65.6 cm³/mol. The number of nitrogens with two attached hydrogens (primary N) is 1. The van der Waals surface area contributed by atoms with Crippen molar-refractivity contribution < 1.29 is 9.21 Å². The zero-order chi connectivity index (χ0) is 12.3. The number of hydrogen-bond donors (Lipinski definition) is 3. The van der Waals surface area contributed by atoms with E-state index in [1.807, 2.05) is 6.92 Å². The number of likely N-dealkylation sites (N-methyl/N-ethyl adjacent to an activating group) is 1. The van der Waals surface area contributed by atoms with Crippen LogP contribution in [0.2, 0.25) is 0 Å². The molecular formula is C11H14N4O2. The summed E-state index contributed by atoms with van der Waals surface area (Å²) in [6, 6.07) is 5.53. The molecule has 1 heterocycles. The summed E-state index contributed by atoms with van der Waals surface area (Å²) in [6.45, 7) is 2.60. The van der Waals surface area contributed by atoms with Crippen molar-refractivity contribution in [1.29, 1.82) is 0 Å². The Morgan fingerprint density at radius 1 is 1.53 bits per heavy atom. The van der Waals surface area contributed by atoms with Crippen molar-refractivity contribution in [2.45, 2.75) is 6.92 Å². The van der Waals surface area contributed by atoms with Gasteiger partial charge in [-0.1, -0.05) is 0 Å². The molecule has 1 aromatic carbocycles. The minimum Gasteiger partial charge on any atom is -0.423 e. The van der Waals surface area contributed by atoms with Gasteiger partial charge in [0, 0.05) is 18.3 Å². The Morgan fingerprint density at radius 2 is 2.35 bits per heavy atom. The van der Waals surface area contributed by atoms with E-state index in [1.54, 1.807) is 18.2 Å². The van der Waals surface area contributed by atoms with E-state index in [-0.39, 0.29) is 12.5 Å². The Morgan fingerprint density at radius 3 is 3.12 bits per heavy atom. The lowest BCUT2D eigenvalue weighted by Crippen LogP contribution is -2.29. The van der Waals surface area contributed by atoms with Gasteiger partial charge in [-0.15, -0.1) is 0 Å². The van der Waals surface area contributed by atoms with Gasteiger partial charge in [0.1, 0.15) is 5.52 Å². The van der Waals surface area contributed by atoms with Crippen molar-refractivity contribution in [3.05, 3.63) is 18.2 Å². The van der Waals surface area contributed by atoms with Crippen LogP contribution in [0, 0.1) is 0 Å². The van der Waals surface area contributed by atoms with Crippen molar-refractivity contribution in [1.82, 2.24) is 10.3 Å². The largest absolute Gasteiger partial charge is 0.423 e. The third kappa shape index (κ3) is 2.66. The molecule has 0 saturated heterocycles. The molecule has 4 N–H and O–H groups in total. The molecular weight excluding hydrogens is 220 g/mol. The molecule has 17 heavy (non-hydrogen) atoms. The normalized spacial score (nSPS) is 10.4. The SMILES string of the molecule is CCNC(=O)CNc1nc2ccc(N)cc2o1. The highest BCUT2D eigenvalue weighted by Gasteiger charge is 2.06. The highest BCUT2D eigenvalue weighted by Crippen LogP contribution is 2.20. The monoisotopic (exact) mass is 234 g/mol. The number of nitrogens with one attached hydrogen (secondary N) is 2. The van der Waals surface area contributed by atoms with Gasteiger partial charge in [0.2, 0.25) is 5.91 Å². The van der Waals surface area contributed by atoms with E-state index in [9.17, 15) is 4.79 Å². The molecule has 0 spiro atoms. The minimum atomic E-state index is -0.103. The van der Waals surface area contributed by atoms with E-state index >= 15 is 0 Å². The molecule has 90 valence electrons. The van der Waals surface area contributed by atoms with E-state index in [4.69, 9.17) is 10.2 Å². The summed E-state index contributed by atoms with van der Waals surface area (Å²) < 4.78 is 5.40. The van der Waals surface area contributed by atoms with Crippen LogP contribution in [0.5, 0.6) is 0 Å². The number of amides is 1. The highest BCUT2D eigenvalue weighted by molar-refractivity contribution is 5.81. The maximum atomic E-state index is 11.2. The number of hydrogen-bond acceptors (Lipinski definition) is 5. The van der Waals surface area contributed by atoms with Gasteiger partial charge in [-0.2, -0.15) is 4.98 Å². The molecule has 0 unspecified atom stereocenters. The second-order valence-corrected chi connectivity index (χ2v) is 3.55. The molecule has 0 atom stereocenters. The lowest BCUT2D eigenvalue weighted by atomic mass is 10.3. The third-order valence-corrected chi connectivity index (χ3v) is 2.19. The maximum Gasteiger partial charge on any atom is 0.296 e. The lowest BCUT2D eigenvalue weighted by molar-refractivity contribution is -0.119. The fourth-order valence-electron chi connectivity index (χ4n) is 1.43. The number of nitrogens with zero attached hydrogens (tertiary/aromatic N) is 1. The number of aromatic nitrogens is 1. The molecule has 6 heteroatoms. The first-order valence-corrected chi connectivity index (χ1v) is 5.35. The molecule has 0 bridgehead atoms. The van der Waals surface area contributed by atoms with Crippen LogP contribution < -0.4 is 16.4 Å². The number of oxazole rings is 1. The Hall–Kier alpha value is -2.24. The molecule has 2 rings (SSSR count). The molecule has 1 aromatic heterocycles. The fraction of sp³-hybridized carbons (Fsp3) is 0.273. The summed E-state index contributed by atoms with van der Waals surface area (Å²) in [5, 5.41) is 5.48. The van der Waals surface area contributed by atoms with E-state index in [2.05, 4.69) is 15.6 Å². The van der Waals surface area contributed by atoms with Crippen molar-refractivity contribution in [3.8, 4) is 0 Å². The van der Waals surface area contributed by atoms with Gasteiger partial charge in [0.05, 0.1) is 6.54 Å². The third-order valence-electron chi connectivity index (χ3n) is 2.19. The van der Waals surface area contributed by atoms with Gasteiger partial charge in [-0.05, 0) is 19.1 Å². The molecule has 0 fully saturated rings. The summed E-state index contributed by atoms with van der Waals surface area (Å²) in [7, 11) is 0. The number of carbonyl (C=O) groups is 1. The van der Waals surface area contributed by atoms with Gasteiger partial charge in [0.15, 0.2) is 5.58 Å². The zero-order valence-electron chi connectivity index (χ0n) is 9.49. The summed E-state index contributed by atoms with van der Waals surface area (Å²) in [6.07, 6.45) is 0. The van der Waals surface area contributed by atoms with Crippen LogP contribution >= 0.6 is 0 Å². The summed E-state index contributed by atoms with van der Waals surface area (Å²) in [4.78, 5) is 15.4. The Labute approximate surface area is 98.2 Å². The van der Waals surface area contributed by atoms with Gasteiger partial charge < -0.3 is 20.8 Å². The number of carbonyl (C=O) groups excluding carboxylic acids is 1. The number of benzene rings is 1. The quantitative estimate of drug-likeness (QED) is 0.685. The summed E-state index contributed by atoms with van der Waals surface area (Å²) >= 11 is 0.